The van der Waals surface area contributed by atoms with Crippen LogP contribution in [0.3, 0.4) is 0 Å². The fourth-order valence-corrected chi connectivity index (χ4v) is 14.1. The first-order valence-electron chi connectivity index (χ1n) is 16.4. The van der Waals surface area contributed by atoms with Crippen molar-refractivity contribution in [3.63, 3.8) is 0 Å². The summed E-state index contributed by atoms with van der Waals surface area (Å²) < 4.78 is 18.5. The zero-order chi connectivity index (χ0) is 31.3. The Bertz CT molecular complexity index is 1350. The monoisotopic (exact) mass is 599 g/mol. The number of aliphatic hydroxyl groups is 3. The van der Waals surface area contributed by atoms with Crippen LogP contribution < -0.4 is 0 Å². The topological polar surface area (TPSA) is 129 Å². The molecule has 238 valence electrons. The maximum atomic E-state index is 14.3. The van der Waals surface area contributed by atoms with Gasteiger partial charge in [0.1, 0.15) is 29.7 Å². The van der Waals surface area contributed by atoms with E-state index < -0.39 is 69.6 Å². The van der Waals surface area contributed by atoms with Crippen LogP contribution in [0.15, 0.2) is 12.3 Å². The van der Waals surface area contributed by atoms with E-state index in [1.807, 2.05) is 7.05 Å². The highest BCUT2D eigenvalue weighted by Crippen LogP contribution is 2.82. The molecule has 0 aromatic carbocycles. The summed E-state index contributed by atoms with van der Waals surface area (Å²) in [6, 6.07) is 0.0444. The lowest BCUT2D eigenvalue weighted by Gasteiger charge is -2.66. The standard InChI is InChI=1S/C34H49NO8/c1-12-14(3)30(6)21-13(2)28-34(35(28)10)32(8,33(9,40)15(4)43-34)23(21)26(39)22(30)19-20(12)31(7)17(24(37)25(19)38)11-18-27(42-18)29(31)41-16(5)36/h12-14,17-23,25-29,38-40H,4,11H2,1-3,5-10H3/t12?,13-,14-,17+,18-,19?,20?,21-,22+,23-,25?,26+,27-,28+,29-,30+,31-,32-,33+,34-,35?/m0/s1. The van der Waals surface area contributed by atoms with Crippen molar-refractivity contribution in [1.82, 2.24) is 4.90 Å². The van der Waals surface area contributed by atoms with Gasteiger partial charge in [-0.1, -0.05) is 48.1 Å². The predicted molar refractivity (Wildman–Crippen MR) is 154 cm³/mol. The van der Waals surface area contributed by atoms with Gasteiger partial charge >= 0.3 is 5.97 Å². The van der Waals surface area contributed by atoms with Gasteiger partial charge in [-0.2, -0.15) is 0 Å². The molecule has 0 aromatic heterocycles. The van der Waals surface area contributed by atoms with E-state index in [-0.39, 0.29) is 59.5 Å². The first kappa shape index (κ1) is 28.9. The van der Waals surface area contributed by atoms with E-state index in [2.05, 4.69) is 53.0 Å². The largest absolute Gasteiger partial charge is 0.472 e. The maximum absolute atomic E-state index is 14.3. The van der Waals surface area contributed by atoms with Gasteiger partial charge in [-0.15, -0.1) is 0 Å². The molecular weight excluding hydrogens is 550 g/mol. The van der Waals surface area contributed by atoms with Crippen LogP contribution in [0.4, 0.5) is 0 Å². The number of ether oxygens (including phenoxy) is 3. The van der Waals surface area contributed by atoms with Crippen LogP contribution in [0.25, 0.3) is 0 Å². The second-order valence-electron chi connectivity index (χ2n) is 16.8. The summed E-state index contributed by atoms with van der Waals surface area (Å²) in [5.74, 6) is -1.98. The number of carbonyl (C=O) groups is 2. The van der Waals surface area contributed by atoms with E-state index in [1.165, 1.54) is 6.92 Å². The van der Waals surface area contributed by atoms with Gasteiger partial charge in [0.2, 0.25) is 0 Å². The van der Waals surface area contributed by atoms with Crippen LogP contribution in [0.1, 0.15) is 61.8 Å². The number of hydrogen-bond acceptors (Lipinski definition) is 9. The molecule has 8 rings (SSSR count). The molecule has 9 heteroatoms. The average molecular weight is 600 g/mol. The summed E-state index contributed by atoms with van der Waals surface area (Å²) in [7, 11) is 2.04. The number of epoxide rings is 1. The third kappa shape index (κ3) is 2.68. The van der Waals surface area contributed by atoms with Crippen molar-refractivity contribution in [2.75, 3.05) is 7.05 Å². The fraction of sp³-hybridized carbons (Fsp3) is 0.882. The van der Waals surface area contributed by atoms with Crippen LogP contribution in [0.2, 0.25) is 0 Å². The average Bonchev–Trinajstić information content (AvgIpc) is 3.79. The third-order valence-corrected chi connectivity index (χ3v) is 16.1. The van der Waals surface area contributed by atoms with E-state index in [0.29, 0.717) is 12.2 Å². The van der Waals surface area contributed by atoms with Crippen molar-refractivity contribution in [1.29, 1.82) is 0 Å². The highest BCUT2D eigenvalue weighted by molar-refractivity contribution is 5.88. The second kappa shape index (κ2) is 7.88. The molecule has 0 amide bonds. The maximum Gasteiger partial charge on any atom is 0.303 e. The number of rotatable bonds is 1. The normalized spacial score (nSPS) is 67.3. The minimum Gasteiger partial charge on any atom is -0.472 e. The summed E-state index contributed by atoms with van der Waals surface area (Å²) in [6.07, 6.45) is -2.61. The molecule has 5 saturated carbocycles. The lowest BCUT2D eigenvalue weighted by Crippen LogP contribution is -2.70. The third-order valence-electron chi connectivity index (χ3n) is 16.1. The van der Waals surface area contributed by atoms with E-state index in [1.54, 1.807) is 6.92 Å². The molecule has 3 saturated heterocycles. The molecular formula is C34H49NO8. The van der Waals surface area contributed by atoms with Gasteiger partial charge in [-0.3, -0.25) is 14.5 Å². The summed E-state index contributed by atoms with van der Waals surface area (Å²) in [4.78, 5) is 28.9. The Morgan fingerprint density at radius 3 is 2.30 bits per heavy atom. The molecule has 5 unspecified atom stereocenters. The summed E-state index contributed by atoms with van der Waals surface area (Å²) in [6.45, 7) is 20.5. The number of aliphatic hydroxyl groups excluding tert-OH is 2. The van der Waals surface area contributed by atoms with Gasteiger partial charge in [0.05, 0.1) is 23.7 Å². The Morgan fingerprint density at radius 1 is 1.02 bits per heavy atom. The van der Waals surface area contributed by atoms with Gasteiger partial charge in [-0.25, -0.2) is 0 Å². The zero-order valence-corrected chi connectivity index (χ0v) is 26.9. The Hall–Kier alpha value is -1.52. The Morgan fingerprint density at radius 2 is 1.67 bits per heavy atom. The molecule has 3 aliphatic heterocycles. The molecule has 8 aliphatic rings. The number of ketones is 1. The van der Waals surface area contributed by atoms with E-state index >= 15 is 0 Å². The van der Waals surface area contributed by atoms with Gasteiger partial charge in [0.15, 0.2) is 11.5 Å². The molecule has 21 atom stereocenters. The van der Waals surface area contributed by atoms with Crippen LogP contribution in [0, 0.1) is 69.5 Å². The van der Waals surface area contributed by atoms with E-state index in [9.17, 15) is 24.9 Å². The molecule has 1 spiro atoms. The highest BCUT2D eigenvalue weighted by atomic mass is 16.6. The summed E-state index contributed by atoms with van der Waals surface area (Å²) >= 11 is 0. The zero-order valence-electron chi connectivity index (χ0n) is 26.9. The first-order valence-corrected chi connectivity index (χ1v) is 16.4. The van der Waals surface area contributed by atoms with Crippen molar-refractivity contribution in [2.24, 2.45) is 69.5 Å². The quantitative estimate of drug-likeness (QED) is 0.307. The van der Waals surface area contributed by atoms with Crippen LogP contribution >= 0.6 is 0 Å². The van der Waals surface area contributed by atoms with Crippen molar-refractivity contribution in [3.8, 4) is 0 Å². The number of likely N-dealkylation sites (tertiary alicyclic amines) is 1. The molecule has 0 radical (unpaired) electrons. The number of Topliss-reactive ketones (excluding diaryl/α,β-unsaturated/α-hetero) is 1. The van der Waals surface area contributed by atoms with E-state index in [4.69, 9.17) is 14.2 Å². The lowest BCUT2D eigenvalue weighted by atomic mass is 9.38. The second-order valence-corrected chi connectivity index (χ2v) is 16.8. The Kier molecular flexibility index (Phi) is 5.30. The van der Waals surface area contributed by atoms with Gasteiger partial charge < -0.3 is 29.5 Å². The number of hydrogen-bond donors (Lipinski definition) is 3. The predicted octanol–water partition coefficient (Wildman–Crippen LogP) is 2.36. The SMILES string of the molecule is C=C1O[C@@]23[C@@H]([C@@H](C)[C@H]4[C@@H]([C@H](O)[C@H]5C6C(O)C(=O)[C@H]7C[C@@H]8O[C@@H]8[C@H](OC(C)=O)[C@]7(C)C6C(C)[C@H](C)[C@]45C)[C@@]2(C)[C@]1(C)O)N3C. The number of nitrogens with zero attached hydrogens (tertiary/aromatic N) is 1. The van der Waals surface area contributed by atoms with Crippen molar-refractivity contribution in [2.45, 2.75) is 110 Å². The van der Waals surface area contributed by atoms with Gasteiger partial charge in [-0.05, 0) is 61.3 Å². The molecule has 0 bridgehead atoms. The Balaban J connectivity index is 1.32. The molecule has 43 heavy (non-hydrogen) atoms. The number of likely N-dealkylation sites (N-methyl/N-ethyl adjacent to an activating group) is 1. The van der Waals surface area contributed by atoms with Crippen LogP contribution in [-0.4, -0.2) is 86.9 Å². The van der Waals surface area contributed by atoms with Crippen molar-refractivity contribution < 1.29 is 39.1 Å². The minimum absolute atomic E-state index is 0.000417. The number of esters is 1. The van der Waals surface area contributed by atoms with Gasteiger partial charge in [0, 0.05) is 30.1 Å². The van der Waals surface area contributed by atoms with Crippen LogP contribution in [-0.2, 0) is 23.8 Å². The minimum atomic E-state index is -1.39. The molecule has 3 heterocycles. The highest BCUT2D eigenvalue weighted by Gasteiger charge is 2.91. The first-order chi connectivity index (χ1) is 19.9. The molecule has 9 nitrogen and oxygen atoms in total. The number of carbonyl (C=O) groups excluding carboxylic acids is 2. The molecule has 5 aliphatic carbocycles. The fourth-order valence-electron chi connectivity index (χ4n) is 14.1. The molecule has 0 aromatic rings. The van der Waals surface area contributed by atoms with Crippen LogP contribution in [0.5, 0.6) is 0 Å². The van der Waals surface area contributed by atoms with Crippen molar-refractivity contribution in [3.05, 3.63) is 12.3 Å². The lowest BCUT2D eigenvalue weighted by molar-refractivity contribution is -0.234. The molecule has 3 N–H and O–H groups in total. The Labute approximate surface area is 254 Å². The van der Waals surface area contributed by atoms with Gasteiger partial charge in [0.25, 0.3) is 0 Å². The smallest absolute Gasteiger partial charge is 0.303 e. The molecule has 8 fully saturated rings. The summed E-state index contributed by atoms with van der Waals surface area (Å²) in [5.41, 5.74) is -4.23. The van der Waals surface area contributed by atoms with E-state index in [0.717, 1.165) is 0 Å². The van der Waals surface area contributed by atoms with Crippen molar-refractivity contribution >= 4 is 11.8 Å². The summed E-state index contributed by atoms with van der Waals surface area (Å²) in [5, 5.41) is 37.0. The number of fused-ring (bicyclic) bond motifs is 9.